The fraction of sp³-hybridized carbons (Fsp3) is 0.750. The second-order valence-electron chi connectivity index (χ2n) is 6.25. The largest absolute Gasteiger partial charge is 0.356 e. The number of unbranched alkanes of at least 4 members (excludes halogenated alkanes) is 2. The van der Waals surface area contributed by atoms with Crippen molar-refractivity contribution in [1.82, 2.24) is 15.6 Å². The van der Waals surface area contributed by atoms with Gasteiger partial charge in [0.25, 0.3) is 0 Å². The topological polar surface area (TPSA) is 49.3 Å². The number of nitrogens with one attached hydrogen (secondary N) is 2. The Morgan fingerprint density at radius 1 is 1.33 bits per heavy atom. The Morgan fingerprint density at radius 2 is 2.10 bits per heavy atom. The Bertz CT molecular complexity index is 437. The molecule has 0 saturated heterocycles. The standard InChI is InChI=1S/C16H30N4S/c1-6-7-8-9-16(3,4)12-20-15(17-5)19-11-14-10-18-13(2)21-14/h10H,6-9,11-12H2,1-5H3,(H2,17,19,20). The first-order valence-electron chi connectivity index (χ1n) is 7.82. The van der Waals surface area contributed by atoms with Gasteiger partial charge in [-0.3, -0.25) is 4.99 Å². The van der Waals surface area contributed by atoms with Gasteiger partial charge in [-0.05, 0) is 18.8 Å². The first-order chi connectivity index (χ1) is 9.96. The Kier molecular flexibility index (Phi) is 7.72. The minimum Gasteiger partial charge on any atom is -0.356 e. The zero-order valence-corrected chi connectivity index (χ0v) is 14.9. The number of nitrogens with zero attached hydrogens (tertiary/aromatic N) is 2. The van der Waals surface area contributed by atoms with Crippen molar-refractivity contribution >= 4 is 17.3 Å². The van der Waals surface area contributed by atoms with Gasteiger partial charge >= 0.3 is 0 Å². The van der Waals surface area contributed by atoms with E-state index in [-0.39, 0.29) is 0 Å². The third-order valence-electron chi connectivity index (χ3n) is 3.51. The van der Waals surface area contributed by atoms with Crippen LogP contribution in [-0.4, -0.2) is 24.5 Å². The predicted molar refractivity (Wildman–Crippen MR) is 93.0 cm³/mol. The van der Waals surface area contributed by atoms with E-state index < -0.39 is 0 Å². The van der Waals surface area contributed by atoms with Gasteiger partial charge in [0, 0.05) is 24.7 Å². The van der Waals surface area contributed by atoms with Crippen molar-refractivity contribution < 1.29 is 0 Å². The van der Waals surface area contributed by atoms with Crippen LogP contribution >= 0.6 is 11.3 Å². The molecule has 0 bridgehead atoms. The van der Waals surface area contributed by atoms with Crippen molar-refractivity contribution in [3.8, 4) is 0 Å². The highest BCUT2D eigenvalue weighted by atomic mass is 32.1. The molecule has 0 amide bonds. The van der Waals surface area contributed by atoms with Crippen LogP contribution in [-0.2, 0) is 6.54 Å². The summed E-state index contributed by atoms with van der Waals surface area (Å²) < 4.78 is 0. The highest BCUT2D eigenvalue weighted by Crippen LogP contribution is 2.22. The van der Waals surface area contributed by atoms with E-state index in [1.54, 1.807) is 11.3 Å². The van der Waals surface area contributed by atoms with E-state index in [9.17, 15) is 0 Å². The van der Waals surface area contributed by atoms with Gasteiger partial charge in [-0.15, -0.1) is 11.3 Å². The lowest BCUT2D eigenvalue weighted by molar-refractivity contribution is 0.318. The summed E-state index contributed by atoms with van der Waals surface area (Å²) in [7, 11) is 1.82. The van der Waals surface area contributed by atoms with Crippen molar-refractivity contribution in [3.63, 3.8) is 0 Å². The molecular weight excluding hydrogens is 280 g/mol. The minimum atomic E-state index is 0.299. The molecule has 0 aliphatic rings. The van der Waals surface area contributed by atoms with Crippen LogP contribution in [0.15, 0.2) is 11.2 Å². The highest BCUT2D eigenvalue weighted by Gasteiger charge is 2.17. The number of hydrogen-bond acceptors (Lipinski definition) is 3. The van der Waals surface area contributed by atoms with Crippen molar-refractivity contribution in [2.45, 2.75) is 59.9 Å². The molecule has 0 aliphatic heterocycles. The molecule has 1 heterocycles. The van der Waals surface area contributed by atoms with Crippen LogP contribution < -0.4 is 10.6 Å². The zero-order chi connectivity index (χ0) is 15.7. The van der Waals surface area contributed by atoms with E-state index in [0.717, 1.165) is 24.1 Å². The molecule has 1 rings (SSSR count). The molecule has 0 aliphatic carbocycles. The third kappa shape index (κ3) is 7.46. The molecule has 2 N–H and O–H groups in total. The molecule has 21 heavy (non-hydrogen) atoms. The van der Waals surface area contributed by atoms with Gasteiger partial charge in [0.05, 0.1) is 11.6 Å². The molecule has 4 nitrogen and oxygen atoms in total. The van der Waals surface area contributed by atoms with E-state index in [1.807, 2.05) is 20.2 Å². The average Bonchev–Trinajstić information content (AvgIpc) is 2.85. The molecule has 0 spiro atoms. The quantitative estimate of drug-likeness (QED) is 0.437. The zero-order valence-electron chi connectivity index (χ0n) is 14.1. The molecule has 1 aromatic rings. The summed E-state index contributed by atoms with van der Waals surface area (Å²) in [4.78, 5) is 9.79. The van der Waals surface area contributed by atoms with E-state index in [0.29, 0.717) is 5.41 Å². The van der Waals surface area contributed by atoms with Gasteiger partial charge in [0.2, 0.25) is 0 Å². The fourth-order valence-electron chi connectivity index (χ4n) is 2.14. The molecule has 0 unspecified atom stereocenters. The second-order valence-corrected chi connectivity index (χ2v) is 7.57. The molecule has 120 valence electrons. The van der Waals surface area contributed by atoms with Gasteiger partial charge in [0.15, 0.2) is 5.96 Å². The van der Waals surface area contributed by atoms with Crippen molar-refractivity contribution in [2.24, 2.45) is 10.4 Å². The normalized spacial score (nSPS) is 12.5. The number of hydrogen-bond donors (Lipinski definition) is 2. The minimum absolute atomic E-state index is 0.299. The van der Waals surface area contributed by atoms with Crippen LogP contribution in [0.5, 0.6) is 0 Å². The number of aromatic nitrogens is 1. The molecule has 0 fully saturated rings. The number of thiazole rings is 1. The van der Waals surface area contributed by atoms with Crippen LogP contribution in [0.4, 0.5) is 0 Å². The maximum Gasteiger partial charge on any atom is 0.191 e. The lowest BCUT2D eigenvalue weighted by Crippen LogP contribution is -2.41. The average molecular weight is 311 g/mol. The van der Waals surface area contributed by atoms with E-state index in [4.69, 9.17) is 0 Å². The summed E-state index contributed by atoms with van der Waals surface area (Å²) in [6.45, 7) is 10.6. The lowest BCUT2D eigenvalue weighted by atomic mass is 9.87. The van der Waals surface area contributed by atoms with E-state index in [2.05, 4.69) is 41.4 Å². The molecule has 1 aromatic heterocycles. The molecule has 0 saturated carbocycles. The molecule has 0 atom stereocenters. The number of aryl methyl sites for hydroxylation is 1. The SMILES string of the molecule is CCCCCC(C)(C)CNC(=NC)NCc1cnc(C)s1. The van der Waals surface area contributed by atoms with Crippen molar-refractivity contribution in [3.05, 3.63) is 16.1 Å². The van der Waals surface area contributed by atoms with Gasteiger partial charge in [-0.25, -0.2) is 4.98 Å². The van der Waals surface area contributed by atoms with Gasteiger partial charge in [-0.2, -0.15) is 0 Å². The molecule has 0 radical (unpaired) electrons. The maximum absolute atomic E-state index is 4.29. The van der Waals surface area contributed by atoms with Gasteiger partial charge in [-0.1, -0.05) is 40.0 Å². The summed E-state index contributed by atoms with van der Waals surface area (Å²) >= 11 is 1.72. The van der Waals surface area contributed by atoms with Crippen molar-refractivity contribution in [1.29, 1.82) is 0 Å². The van der Waals surface area contributed by atoms with Crippen molar-refractivity contribution in [2.75, 3.05) is 13.6 Å². The van der Waals surface area contributed by atoms with Gasteiger partial charge < -0.3 is 10.6 Å². The molecule has 5 heteroatoms. The first kappa shape index (κ1) is 18.0. The summed E-state index contributed by atoms with van der Waals surface area (Å²) in [5, 5.41) is 7.89. The fourth-order valence-corrected chi connectivity index (χ4v) is 2.88. The van der Waals surface area contributed by atoms with Crippen LogP contribution in [0.2, 0.25) is 0 Å². The Morgan fingerprint density at radius 3 is 2.67 bits per heavy atom. The van der Waals surface area contributed by atoms with Crippen LogP contribution in [0, 0.1) is 12.3 Å². The highest BCUT2D eigenvalue weighted by molar-refractivity contribution is 7.11. The molecular formula is C16H30N4S. The lowest BCUT2D eigenvalue weighted by Gasteiger charge is -2.26. The maximum atomic E-state index is 4.29. The number of guanidine groups is 1. The summed E-state index contributed by atoms with van der Waals surface area (Å²) in [5.74, 6) is 0.865. The Labute approximate surface area is 133 Å². The Hall–Kier alpha value is -1.10. The third-order valence-corrected chi connectivity index (χ3v) is 4.43. The number of aliphatic imine (C=N–C) groups is 1. The smallest absolute Gasteiger partial charge is 0.191 e. The first-order valence-corrected chi connectivity index (χ1v) is 8.64. The van der Waals surface area contributed by atoms with E-state index >= 15 is 0 Å². The van der Waals surface area contributed by atoms with E-state index in [1.165, 1.54) is 30.6 Å². The summed E-state index contributed by atoms with van der Waals surface area (Å²) in [5.41, 5.74) is 0.299. The second kappa shape index (κ2) is 9.03. The number of rotatable bonds is 8. The Balaban J connectivity index is 2.33. The van der Waals surface area contributed by atoms with Crippen LogP contribution in [0.1, 0.15) is 56.3 Å². The van der Waals surface area contributed by atoms with Gasteiger partial charge in [0.1, 0.15) is 0 Å². The molecule has 0 aromatic carbocycles. The monoisotopic (exact) mass is 310 g/mol. The van der Waals surface area contributed by atoms with Crippen LogP contribution in [0.25, 0.3) is 0 Å². The summed E-state index contributed by atoms with van der Waals surface area (Å²) in [6, 6.07) is 0. The summed E-state index contributed by atoms with van der Waals surface area (Å²) in [6.07, 6.45) is 7.08. The van der Waals surface area contributed by atoms with Crippen LogP contribution in [0.3, 0.4) is 0 Å². The predicted octanol–water partition coefficient (Wildman–Crippen LogP) is 3.72.